The molecule has 0 saturated heterocycles. The van der Waals surface area contributed by atoms with Gasteiger partial charge in [-0.25, -0.2) is 0 Å². The summed E-state index contributed by atoms with van der Waals surface area (Å²) in [4.78, 5) is 30.9. The lowest BCUT2D eigenvalue weighted by Crippen LogP contribution is -2.47. The van der Waals surface area contributed by atoms with Gasteiger partial charge in [0.15, 0.2) is 0 Å². The van der Waals surface area contributed by atoms with Crippen molar-refractivity contribution in [2.45, 2.75) is 16.9 Å². The number of hydrogen-bond donors (Lipinski definition) is 1. The number of nitrogens with zero attached hydrogens (tertiary/aromatic N) is 1. The Morgan fingerprint density at radius 1 is 1.16 bits per heavy atom. The van der Waals surface area contributed by atoms with Crippen LogP contribution in [0.1, 0.15) is 32.8 Å². The van der Waals surface area contributed by atoms with Crippen LogP contribution in [-0.2, 0) is 9.53 Å². The van der Waals surface area contributed by atoms with E-state index in [9.17, 15) is 9.59 Å². The van der Waals surface area contributed by atoms with Crippen molar-refractivity contribution in [2.24, 2.45) is 0 Å². The highest BCUT2D eigenvalue weighted by atomic mass is 32.2. The van der Waals surface area contributed by atoms with E-state index in [0.717, 1.165) is 21.0 Å². The first-order valence-electron chi connectivity index (χ1n) is 10.0. The van der Waals surface area contributed by atoms with Crippen LogP contribution in [-0.4, -0.2) is 43.2 Å². The lowest BCUT2D eigenvalue weighted by molar-refractivity contribution is -0.119. The van der Waals surface area contributed by atoms with Gasteiger partial charge >= 0.3 is 0 Å². The van der Waals surface area contributed by atoms with E-state index in [0.29, 0.717) is 18.7 Å². The molecule has 1 N–H and O–H groups in total. The van der Waals surface area contributed by atoms with Crippen molar-refractivity contribution in [3.63, 3.8) is 0 Å². The number of rotatable bonds is 7. The van der Waals surface area contributed by atoms with Crippen LogP contribution < -0.4 is 5.32 Å². The summed E-state index contributed by atoms with van der Waals surface area (Å²) in [5.41, 5.74) is 2.09. The SMILES string of the molecule is COCCN1C(=O)c2ccccc2[C@@H](C(=O)Nc2cccc(SC)c2)[C@@H]1c1cccs1. The van der Waals surface area contributed by atoms with E-state index >= 15 is 0 Å². The van der Waals surface area contributed by atoms with Crippen molar-refractivity contribution in [3.8, 4) is 0 Å². The molecule has 0 saturated carbocycles. The molecule has 7 heteroatoms. The molecule has 31 heavy (non-hydrogen) atoms. The number of ether oxygens (including phenoxy) is 1. The minimum absolute atomic E-state index is 0.0699. The maximum atomic E-state index is 13.7. The lowest BCUT2D eigenvalue weighted by atomic mass is 9.81. The maximum Gasteiger partial charge on any atom is 0.254 e. The number of fused-ring (bicyclic) bond motifs is 1. The first kappa shape index (κ1) is 21.6. The molecule has 1 aliphatic rings. The third-order valence-corrected chi connectivity index (χ3v) is 7.10. The Hall–Kier alpha value is -2.61. The second-order valence-corrected chi connectivity index (χ2v) is 9.10. The molecule has 0 radical (unpaired) electrons. The zero-order valence-corrected chi connectivity index (χ0v) is 19.0. The van der Waals surface area contributed by atoms with E-state index in [1.165, 1.54) is 0 Å². The number of thiophene rings is 1. The molecule has 5 nitrogen and oxygen atoms in total. The summed E-state index contributed by atoms with van der Waals surface area (Å²) in [5, 5.41) is 5.07. The Balaban J connectivity index is 1.78. The predicted octanol–water partition coefficient (Wildman–Crippen LogP) is 5.04. The van der Waals surface area contributed by atoms with Gasteiger partial charge in [-0.2, -0.15) is 0 Å². The highest BCUT2D eigenvalue weighted by Crippen LogP contribution is 2.44. The highest BCUT2D eigenvalue weighted by molar-refractivity contribution is 7.98. The quantitative estimate of drug-likeness (QED) is 0.511. The van der Waals surface area contributed by atoms with E-state index < -0.39 is 5.92 Å². The monoisotopic (exact) mass is 452 g/mol. The van der Waals surface area contributed by atoms with E-state index in [1.807, 2.05) is 66.2 Å². The van der Waals surface area contributed by atoms with E-state index in [1.54, 1.807) is 41.2 Å². The van der Waals surface area contributed by atoms with Gasteiger partial charge in [0.05, 0.1) is 18.6 Å². The second-order valence-electron chi connectivity index (χ2n) is 7.24. The Kier molecular flexibility index (Phi) is 6.75. The van der Waals surface area contributed by atoms with Gasteiger partial charge in [-0.1, -0.05) is 30.3 Å². The average molecular weight is 453 g/mol. The fraction of sp³-hybridized carbons (Fsp3) is 0.250. The van der Waals surface area contributed by atoms with Crippen LogP contribution in [0.4, 0.5) is 5.69 Å². The molecule has 3 aromatic rings. The Morgan fingerprint density at radius 2 is 2.00 bits per heavy atom. The zero-order valence-electron chi connectivity index (χ0n) is 17.4. The van der Waals surface area contributed by atoms with Gasteiger partial charge in [0.1, 0.15) is 0 Å². The molecule has 1 aromatic heterocycles. The summed E-state index contributed by atoms with van der Waals surface area (Å²) >= 11 is 3.18. The second kappa shape index (κ2) is 9.68. The number of methoxy groups -OCH3 is 1. The van der Waals surface area contributed by atoms with E-state index in [2.05, 4.69) is 5.32 Å². The van der Waals surface area contributed by atoms with Crippen LogP contribution in [0.5, 0.6) is 0 Å². The number of amides is 2. The third-order valence-electron chi connectivity index (χ3n) is 5.43. The fourth-order valence-corrected chi connectivity index (χ4v) is 5.34. The number of benzene rings is 2. The van der Waals surface area contributed by atoms with Crippen LogP contribution in [0.15, 0.2) is 70.9 Å². The number of carbonyl (C=O) groups excluding carboxylic acids is 2. The van der Waals surface area contributed by atoms with Crippen LogP contribution in [0.25, 0.3) is 0 Å². The van der Waals surface area contributed by atoms with Crippen molar-refractivity contribution >= 4 is 40.6 Å². The van der Waals surface area contributed by atoms with Crippen molar-refractivity contribution in [1.29, 1.82) is 0 Å². The normalized spacial score (nSPS) is 18.0. The maximum absolute atomic E-state index is 13.7. The average Bonchev–Trinajstić information content (AvgIpc) is 3.33. The highest BCUT2D eigenvalue weighted by Gasteiger charge is 2.44. The molecule has 0 aliphatic carbocycles. The Morgan fingerprint density at radius 3 is 2.74 bits per heavy atom. The van der Waals surface area contributed by atoms with Crippen LogP contribution in [0.2, 0.25) is 0 Å². The first-order valence-corrected chi connectivity index (χ1v) is 12.1. The minimum Gasteiger partial charge on any atom is -0.383 e. The third kappa shape index (κ3) is 4.39. The number of hydrogen-bond acceptors (Lipinski definition) is 5. The molecule has 0 unspecified atom stereocenters. The van der Waals surface area contributed by atoms with Crippen LogP contribution in [0.3, 0.4) is 0 Å². The minimum atomic E-state index is -0.526. The fourth-order valence-electron chi connectivity index (χ4n) is 4.01. The molecule has 160 valence electrons. The molecule has 0 fully saturated rings. The summed E-state index contributed by atoms with van der Waals surface area (Å²) in [7, 11) is 1.62. The van der Waals surface area contributed by atoms with Gasteiger partial charge in [0, 0.05) is 34.7 Å². The molecule has 2 atom stereocenters. The van der Waals surface area contributed by atoms with Gasteiger partial charge in [-0.3, -0.25) is 9.59 Å². The smallest absolute Gasteiger partial charge is 0.254 e. The van der Waals surface area contributed by atoms with Gasteiger partial charge in [0.2, 0.25) is 5.91 Å². The van der Waals surface area contributed by atoms with Crippen molar-refractivity contribution < 1.29 is 14.3 Å². The summed E-state index contributed by atoms with van der Waals surface area (Å²) in [6.07, 6.45) is 2.00. The van der Waals surface area contributed by atoms with Crippen LogP contribution in [0, 0.1) is 0 Å². The summed E-state index contributed by atoms with van der Waals surface area (Å²) in [5.74, 6) is -0.721. The van der Waals surface area contributed by atoms with Crippen molar-refractivity contribution in [1.82, 2.24) is 4.90 Å². The number of nitrogens with one attached hydrogen (secondary N) is 1. The number of anilines is 1. The first-order chi connectivity index (χ1) is 15.1. The Bertz CT molecular complexity index is 1070. The van der Waals surface area contributed by atoms with Crippen molar-refractivity contribution in [2.75, 3.05) is 31.8 Å². The molecule has 0 bridgehead atoms. The standard InChI is InChI=1S/C24H24N2O3S2/c1-29-13-12-26-22(20-11-6-14-31-20)21(18-9-3-4-10-19(18)24(26)28)23(27)25-16-7-5-8-17(15-16)30-2/h3-11,14-15,21-22H,12-13H2,1-2H3,(H,25,27)/t21-,22+/m1/s1. The molecular weight excluding hydrogens is 428 g/mol. The molecule has 1 aliphatic heterocycles. The van der Waals surface area contributed by atoms with Crippen molar-refractivity contribution in [3.05, 3.63) is 82.0 Å². The predicted molar refractivity (Wildman–Crippen MR) is 126 cm³/mol. The molecular formula is C24H24N2O3S2. The largest absolute Gasteiger partial charge is 0.383 e. The van der Waals surface area contributed by atoms with Gasteiger partial charge < -0.3 is 15.0 Å². The molecule has 2 heterocycles. The zero-order chi connectivity index (χ0) is 21.8. The van der Waals surface area contributed by atoms with E-state index in [-0.39, 0.29) is 17.9 Å². The lowest BCUT2D eigenvalue weighted by Gasteiger charge is -2.41. The van der Waals surface area contributed by atoms with Gasteiger partial charge in [-0.15, -0.1) is 23.1 Å². The van der Waals surface area contributed by atoms with Crippen LogP contribution >= 0.6 is 23.1 Å². The summed E-state index contributed by atoms with van der Waals surface area (Å²) in [6.45, 7) is 0.817. The topological polar surface area (TPSA) is 58.6 Å². The van der Waals surface area contributed by atoms with E-state index in [4.69, 9.17) is 4.74 Å². The Labute approximate surface area is 190 Å². The summed E-state index contributed by atoms with van der Waals surface area (Å²) in [6, 6.07) is 18.8. The van der Waals surface area contributed by atoms with Gasteiger partial charge in [0.25, 0.3) is 5.91 Å². The molecule has 0 spiro atoms. The van der Waals surface area contributed by atoms with Gasteiger partial charge in [-0.05, 0) is 47.5 Å². The molecule has 2 aromatic carbocycles. The number of carbonyl (C=O) groups is 2. The molecule has 4 rings (SSSR count). The summed E-state index contributed by atoms with van der Waals surface area (Å²) < 4.78 is 5.27. The molecule has 2 amide bonds. The number of thioether (sulfide) groups is 1.